The summed E-state index contributed by atoms with van der Waals surface area (Å²) in [7, 11) is 0. The second-order valence-electron chi connectivity index (χ2n) is 5.54. The SMILES string of the molecule is Nc1c(-c2cc(-c3ccccc3)n[nH]2)nnn1-c1cccc([N+](=O)[O-])c1. The van der Waals surface area contributed by atoms with Crippen LogP contribution in [0.2, 0.25) is 0 Å². The molecule has 0 atom stereocenters. The normalized spacial score (nSPS) is 10.8. The quantitative estimate of drug-likeness (QED) is 0.431. The van der Waals surface area contributed by atoms with Crippen LogP contribution in [-0.2, 0) is 0 Å². The second kappa shape index (κ2) is 6.13. The Kier molecular flexibility index (Phi) is 3.66. The molecule has 0 amide bonds. The number of nitro benzene ring substituents is 1. The van der Waals surface area contributed by atoms with Gasteiger partial charge in [-0.3, -0.25) is 15.2 Å². The van der Waals surface area contributed by atoms with Gasteiger partial charge in [-0.1, -0.05) is 41.6 Å². The standard InChI is InChI=1S/C17H13N7O2/c18-17-16(15-10-14(19-20-15)11-5-2-1-3-6-11)21-22-23(17)12-7-4-8-13(9-12)24(25)26/h1-10H,18H2,(H,19,20). The molecule has 9 heteroatoms. The lowest BCUT2D eigenvalue weighted by Gasteiger charge is -2.02. The highest BCUT2D eigenvalue weighted by atomic mass is 16.6. The summed E-state index contributed by atoms with van der Waals surface area (Å²) in [5, 5.41) is 26.2. The van der Waals surface area contributed by atoms with Crippen molar-refractivity contribution in [3.05, 3.63) is 70.8 Å². The van der Waals surface area contributed by atoms with Gasteiger partial charge in [0.15, 0.2) is 11.5 Å². The molecule has 0 fully saturated rings. The molecular weight excluding hydrogens is 334 g/mol. The molecule has 2 aromatic heterocycles. The minimum absolute atomic E-state index is 0.0492. The van der Waals surface area contributed by atoms with Gasteiger partial charge >= 0.3 is 0 Å². The summed E-state index contributed by atoms with van der Waals surface area (Å²) in [6.45, 7) is 0. The van der Waals surface area contributed by atoms with Gasteiger partial charge in [-0.2, -0.15) is 9.78 Å². The zero-order chi connectivity index (χ0) is 18.1. The largest absolute Gasteiger partial charge is 0.382 e. The van der Waals surface area contributed by atoms with E-state index in [0.29, 0.717) is 17.1 Å². The molecule has 0 saturated carbocycles. The van der Waals surface area contributed by atoms with Gasteiger partial charge in [0.05, 0.1) is 22.0 Å². The van der Waals surface area contributed by atoms with Crippen LogP contribution in [0.15, 0.2) is 60.7 Å². The predicted octanol–water partition coefficient (Wildman–Crippen LogP) is 2.81. The fourth-order valence-corrected chi connectivity index (χ4v) is 2.61. The van der Waals surface area contributed by atoms with Crippen molar-refractivity contribution in [1.29, 1.82) is 0 Å². The number of H-pyrrole nitrogens is 1. The molecule has 0 unspecified atom stereocenters. The Morgan fingerprint density at radius 3 is 2.65 bits per heavy atom. The Bertz CT molecular complexity index is 1090. The molecule has 2 heterocycles. The van der Waals surface area contributed by atoms with E-state index in [-0.39, 0.29) is 11.5 Å². The van der Waals surface area contributed by atoms with Crippen LogP contribution >= 0.6 is 0 Å². The number of non-ortho nitro benzene ring substituents is 1. The maximum absolute atomic E-state index is 10.9. The van der Waals surface area contributed by atoms with Gasteiger partial charge in [0.25, 0.3) is 5.69 Å². The van der Waals surface area contributed by atoms with Crippen LogP contribution in [-0.4, -0.2) is 30.1 Å². The molecule has 0 aliphatic heterocycles. The molecule has 9 nitrogen and oxygen atoms in total. The first-order chi connectivity index (χ1) is 12.6. The van der Waals surface area contributed by atoms with Crippen molar-refractivity contribution in [2.75, 3.05) is 5.73 Å². The molecule has 2 aromatic carbocycles. The lowest BCUT2D eigenvalue weighted by molar-refractivity contribution is -0.384. The van der Waals surface area contributed by atoms with E-state index >= 15 is 0 Å². The lowest BCUT2D eigenvalue weighted by atomic mass is 10.1. The van der Waals surface area contributed by atoms with Gasteiger partial charge in [-0.05, 0) is 12.1 Å². The number of nitrogen functional groups attached to an aromatic ring is 1. The average Bonchev–Trinajstić information content (AvgIpc) is 3.29. The third kappa shape index (κ3) is 2.67. The summed E-state index contributed by atoms with van der Waals surface area (Å²) < 4.78 is 1.35. The first kappa shape index (κ1) is 15.5. The Balaban J connectivity index is 1.71. The van der Waals surface area contributed by atoms with Crippen molar-refractivity contribution < 1.29 is 4.92 Å². The van der Waals surface area contributed by atoms with E-state index in [2.05, 4.69) is 20.5 Å². The summed E-state index contributed by atoms with van der Waals surface area (Å²) >= 11 is 0. The predicted molar refractivity (Wildman–Crippen MR) is 95.4 cm³/mol. The average molecular weight is 347 g/mol. The number of nitrogens with one attached hydrogen (secondary N) is 1. The zero-order valence-corrected chi connectivity index (χ0v) is 13.4. The summed E-state index contributed by atoms with van der Waals surface area (Å²) in [6, 6.07) is 17.5. The highest BCUT2D eigenvalue weighted by molar-refractivity contribution is 5.72. The molecule has 4 rings (SSSR count). The Hall–Kier alpha value is -4.01. The molecule has 0 aliphatic carbocycles. The highest BCUT2D eigenvalue weighted by Crippen LogP contribution is 2.28. The van der Waals surface area contributed by atoms with E-state index in [4.69, 9.17) is 5.73 Å². The first-order valence-corrected chi connectivity index (χ1v) is 7.70. The molecule has 0 bridgehead atoms. The maximum atomic E-state index is 10.9. The number of rotatable bonds is 4. The maximum Gasteiger partial charge on any atom is 0.271 e. The van der Waals surface area contributed by atoms with Gasteiger partial charge < -0.3 is 5.73 Å². The zero-order valence-electron chi connectivity index (χ0n) is 13.4. The van der Waals surface area contributed by atoms with Crippen LogP contribution in [0.25, 0.3) is 28.3 Å². The molecular formula is C17H13N7O2. The summed E-state index contributed by atoms with van der Waals surface area (Å²) in [5.41, 5.74) is 9.31. The van der Waals surface area contributed by atoms with E-state index < -0.39 is 4.92 Å². The van der Waals surface area contributed by atoms with Gasteiger partial charge in [-0.15, -0.1) is 5.10 Å². The number of aromatic amines is 1. The summed E-state index contributed by atoms with van der Waals surface area (Å²) in [4.78, 5) is 10.5. The summed E-state index contributed by atoms with van der Waals surface area (Å²) in [5.74, 6) is 0.258. The van der Waals surface area contributed by atoms with Crippen molar-refractivity contribution in [1.82, 2.24) is 25.2 Å². The van der Waals surface area contributed by atoms with Crippen molar-refractivity contribution >= 4 is 11.5 Å². The number of anilines is 1. The number of nitrogens with zero attached hydrogens (tertiary/aromatic N) is 5. The third-order valence-electron chi connectivity index (χ3n) is 3.89. The number of hydrogen-bond acceptors (Lipinski definition) is 6. The van der Waals surface area contributed by atoms with Crippen molar-refractivity contribution in [3.8, 4) is 28.3 Å². The van der Waals surface area contributed by atoms with E-state index in [1.165, 1.54) is 16.8 Å². The van der Waals surface area contributed by atoms with Crippen molar-refractivity contribution in [2.45, 2.75) is 0 Å². The van der Waals surface area contributed by atoms with Crippen LogP contribution in [0.3, 0.4) is 0 Å². The van der Waals surface area contributed by atoms with Crippen LogP contribution in [0.1, 0.15) is 0 Å². The minimum Gasteiger partial charge on any atom is -0.382 e. The minimum atomic E-state index is -0.474. The smallest absolute Gasteiger partial charge is 0.271 e. The third-order valence-corrected chi connectivity index (χ3v) is 3.89. The molecule has 0 radical (unpaired) electrons. The topological polar surface area (TPSA) is 129 Å². The Morgan fingerprint density at radius 2 is 1.88 bits per heavy atom. The number of nitro groups is 1. The van der Waals surface area contributed by atoms with E-state index in [0.717, 1.165) is 11.3 Å². The van der Waals surface area contributed by atoms with Gasteiger partial charge in [0, 0.05) is 17.7 Å². The fourth-order valence-electron chi connectivity index (χ4n) is 2.61. The first-order valence-electron chi connectivity index (χ1n) is 7.70. The number of aromatic nitrogens is 5. The van der Waals surface area contributed by atoms with Crippen LogP contribution < -0.4 is 5.73 Å². The van der Waals surface area contributed by atoms with Crippen molar-refractivity contribution in [2.24, 2.45) is 0 Å². The Morgan fingerprint density at radius 1 is 1.08 bits per heavy atom. The molecule has 0 spiro atoms. The lowest BCUT2D eigenvalue weighted by Crippen LogP contribution is -2.03. The monoisotopic (exact) mass is 347 g/mol. The Labute approximate surface area is 147 Å². The highest BCUT2D eigenvalue weighted by Gasteiger charge is 2.17. The van der Waals surface area contributed by atoms with Gasteiger partial charge in [0.1, 0.15) is 0 Å². The van der Waals surface area contributed by atoms with E-state index in [1.807, 2.05) is 36.4 Å². The molecule has 4 aromatic rings. The van der Waals surface area contributed by atoms with Gasteiger partial charge in [-0.25, -0.2) is 0 Å². The molecule has 0 aliphatic rings. The van der Waals surface area contributed by atoms with Crippen LogP contribution in [0.4, 0.5) is 11.5 Å². The number of hydrogen-bond donors (Lipinski definition) is 2. The fraction of sp³-hybridized carbons (Fsp3) is 0. The van der Waals surface area contributed by atoms with Crippen molar-refractivity contribution in [3.63, 3.8) is 0 Å². The molecule has 26 heavy (non-hydrogen) atoms. The molecule has 3 N–H and O–H groups in total. The second-order valence-corrected chi connectivity index (χ2v) is 5.54. The summed E-state index contributed by atoms with van der Waals surface area (Å²) in [6.07, 6.45) is 0. The van der Waals surface area contributed by atoms with Gasteiger partial charge in [0.2, 0.25) is 0 Å². The van der Waals surface area contributed by atoms with Crippen LogP contribution in [0, 0.1) is 10.1 Å². The van der Waals surface area contributed by atoms with E-state index in [1.54, 1.807) is 12.1 Å². The van der Waals surface area contributed by atoms with Crippen LogP contribution in [0.5, 0.6) is 0 Å². The van der Waals surface area contributed by atoms with E-state index in [9.17, 15) is 10.1 Å². The molecule has 128 valence electrons. The number of benzene rings is 2. The number of nitrogens with two attached hydrogens (primary N) is 1. The molecule has 0 saturated heterocycles.